The van der Waals surface area contributed by atoms with E-state index in [1.54, 1.807) is 32.0 Å². The largest absolute Gasteiger partial charge is 0.478 e. The van der Waals surface area contributed by atoms with Gasteiger partial charge in [0, 0.05) is 11.8 Å². The Labute approximate surface area is 156 Å². The predicted molar refractivity (Wildman–Crippen MR) is 97.9 cm³/mol. The first-order chi connectivity index (χ1) is 12.0. The molecule has 0 N–H and O–H groups in total. The predicted octanol–water partition coefficient (Wildman–Crippen LogP) is 4.13. The summed E-state index contributed by atoms with van der Waals surface area (Å²) < 4.78 is 43.0. The summed E-state index contributed by atoms with van der Waals surface area (Å²) in [7, 11) is -3.34. The van der Waals surface area contributed by atoms with Crippen LogP contribution in [0.25, 0.3) is 11.3 Å². The first-order valence-corrected chi connectivity index (χ1v) is 10.0. The van der Waals surface area contributed by atoms with Gasteiger partial charge in [0.2, 0.25) is 5.78 Å². The van der Waals surface area contributed by atoms with Crippen molar-refractivity contribution in [1.29, 1.82) is 0 Å². The maximum absolute atomic E-state index is 13.9. The average molecular weight is 395 g/mol. The zero-order valence-corrected chi connectivity index (χ0v) is 15.9. The molecular formula is C19H16ClFO4S. The van der Waals surface area contributed by atoms with Gasteiger partial charge in [-0.05, 0) is 55.8 Å². The van der Waals surface area contributed by atoms with E-state index in [2.05, 4.69) is 0 Å². The van der Waals surface area contributed by atoms with Crippen molar-refractivity contribution < 1.29 is 22.3 Å². The van der Waals surface area contributed by atoms with Gasteiger partial charge in [0.25, 0.3) is 0 Å². The quantitative estimate of drug-likeness (QED) is 0.785. The Kier molecular flexibility index (Phi) is 4.45. The number of ketones is 1. The van der Waals surface area contributed by atoms with Crippen LogP contribution in [0.15, 0.2) is 47.4 Å². The van der Waals surface area contributed by atoms with Crippen molar-refractivity contribution in [2.45, 2.75) is 24.3 Å². The Hall–Kier alpha value is -2.18. The zero-order chi connectivity index (χ0) is 19.3. The summed E-state index contributed by atoms with van der Waals surface area (Å²) in [5.41, 5.74) is 0.0000348. The molecule has 0 aliphatic carbocycles. The molecule has 0 saturated carbocycles. The van der Waals surface area contributed by atoms with Crippen LogP contribution in [0.1, 0.15) is 25.0 Å². The minimum absolute atomic E-state index is 0.0426. The second kappa shape index (κ2) is 6.21. The normalized spacial score (nSPS) is 16.7. The Morgan fingerprint density at radius 2 is 1.62 bits per heavy atom. The van der Waals surface area contributed by atoms with Gasteiger partial charge in [-0.3, -0.25) is 4.79 Å². The molecular weight excluding hydrogens is 379 g/mol. The van der Waals surface area contributed by atoms with Crippen molar-refractivity contribution >= 4 is 38.6 Å². The summed E-state index contributed by atoms with van der Waals surface area (Å²) in [6.07, 6.45) is 1.11. The summed E-state index contributed by atoms with van der Waals surface area (Å²) in [4.78, 5) is 13.0. The molecule has 0 aromatic heterocycles. The highest BCUT2D eigenvalue weighted by molar-refractivity contribution is 7.90. The van der Waals surface area contributed by atoms with E-state index in [-0.39, 0.29) is 27.0 Å². The molecule has 0 fully saturated rings. The number of carbonyl (C=O) groups is 1. The van der Waals surface area contributed by atoms with Crippen LogP contribution in [0.5, 0.6) is 0 Å². The van der Waals surface area contributed by atoms with Gasteiger partial charge < -0.3 is 4.74 Å². The van der Waals surface area contributed by atoms with E-state index < -0.39 is 21.3 Å². The molecule has 0 atom stereocenters. The summed E-state index contributed by atoms with van der Waals surface area (Å²) in [6.45, 7) is 3.25. The van der Waals surface area contributed by atoms with Gasteiger partial charge in [-0.2, -0.15) is 0 Å². The van der Waals surface area contributed by atoms with Crippen molar-refractivity contribution in [3.8, 4) is 0 Å². The van der Waals surface area contributed by atoms with Crippen molar-refractivity contribution in [1.82, 2.24) is 0 Å². The lowest BCUT2D eigenvalue weighted by atomic mass is 9.92. The van der Waals surface area contributed by atoms with Gasteiger partial charge in [0.1, 0.15) is 11.6 Å². The fraction of sp³-hybridized carbons (Fsp3) is 0.211. The second-order valence-corrected chi connectivity index (χ2v) is 8.99. The van der Waals surface area contributed by atoms with E-state index >= 15 is 0 Å². The minimum atomic E-state index is -3.34. The molecule has 2 aromatic carbocycles. The molecule has 0 saturated heterocycles. The summed E-state index contributed by atoms with van der Waals surface area (Å²) in [5.74, 6) is -0.649. The lowest BCUT2D eigenvalue weighted by Crippen LogP contribution is -2.29. The molecule has 2 aromatic rings. The standard InChI is InChI=1S/C19H16ClFO4S/c1-19(2)18(22)16(12-6-9-14(20)15(21)10-12)17(25-19)11-4-7-13(8-5-11)26(3,23)24/h4-10H,1-3H3. The highest BCUT2D eigenvalue weighted by Crippen LogP contribution is 2.41. The van der Waals surface area contributed by atoms with Crippen LogP contribution < -0.4 is 0 Å². The highest BCUT2D eigenvalue weighted by Gasteiger charge is 2.42. The third-order valence-electron chi connectivity index (χ3n) is 4.11. The van der Waals surface area contributed by atoms with Crippen LogP contribution in [0.4, 0.5) is 4.39 Å². The molecule has 1 aliphatic heterocycles. The van der Waals surface area contributed by atoms with Gasteiger partial charge in [0.15, 0.2) is 15.4 Å². The fourth-order valence-corrected chi connectivity index (χ4v) is 3.48. The Bertz CT molecular complexity index is 1040. The van der Waals surface area contributed by atoms with Gasteiger partial charge >= 0.3 is 0 Å². The van der Waals surface area contributed by atoms with Gasteiger partial charge in [-0.1, -0.05) is 17.7 Å². The lowest BCUT2D eigenvalue weighted by molar-refractivity contribution is -0.125. The molecule has 0 bridgehead atoms. The number of hydrogen-bond donors (Lipinski definition) is 0. The maximum atomic E-state index is 13.9. The van der Waals surface area contributed by atoms with Gasteiger partial charge in [0.05, 0.1) is 15.5 Å². The number of halogens is 2. The van der Waals surface area contributed by atoms with E-state index in [1.165, 1.54) is 24.3 Å². The number of ether oxygens (including phenoxy) is 1. The number of rotatable bonds is 3. The fourth-order valence-electron chi connectivity index (χ4n) is 2.73. The van der Waals surface area contributed by atoms with Crippen LogP contribution in [0, 0.1) is 5.82 Å². The number of benzene rings is 2. The van der Waals surface area contributed by atoms with E-state index in [9.17, 15) is 17.6 Å². The third-order valence-corrected chi connectivity index (χ3v) is 5.55. The molecule has 7 heteroatoms. The van der Waals surface area contributed by atoms with Crippen molar-refractivity contribution in [3.05, 3.63) is 64.4 Å². The smallest absolute Gasteiger partial charge is 0.210 e. The van der Waals surface area contributed by atoms with Crippen LogP contribution in [0.3, 0.4) is 0 Å². The molecule has 0 unspecified atom stereocenters. The van der Waals surface area contributed by atoms with Gasteiger partial charge in [-0.15, -0.1) is 0 Å². The minimum Gasteiger partial charge on any atom is -0.478 e. The second-order valence-electron chi connectivity index (χ2n) is 6.57. The molecule has 0 amide bonds. The molecule has 26 heavy (non-hydrogen) atoms. The Morgan fingerprint density at radius 1 is 1.04 bits per heavy atom. The molecule has 1 aliphatic rings. The van der Waals surface area contributed by atoms with Crippen LogP contribution in [0.2, 0.25) is 5.02 Å². The molecule has 1 heterocycles. The average Bonchev–Trinajstić information content (AvgIpc) is 2.80. The summed E-state index contributed by atoms with van der Waals surface area (Å²) >= 11 is 5.73. The first kappa shape index (κ1) is 18.6. The van der Waals surface area contributed by atoms with Crippen LogP contribution in [-0.2, 0) is 19.4 Å². The molecule has 136 valence electrons. The Morgan fingerprint density at radius 3 is 2.15 bits per heavy atom. The van der Waals surface area contributed by atoms with Crippen molar-refractivity contribution in [2.75, 3.05) is 6.26 Å². The van der Waals surface area contributed by atoms with E-state index in [0.717, 1.165) is 6.26 Å². The van der Waals surface area contributed by atoms with Crippen molar-refractivity contribution in [2.24, 2.45) is 0 Å². The summed E-state index contributed by atoms with van der Waals surface area (Å²) in [5, 5.41) is -0.0426. The number of hydrogen-bond acceptors (Lipinski definition) is 4. The maximum Gasteiger partial charge on any atom is 0.210 e. The van der Waals surface area contributed by atoms with Crippen LogP contribution in [-0.4, -0.2) is 26.1 Å². The summed E-state index contributed by atoms with van der Waals surface area (Å²) in [6, 6.07) is 10.1. The van der Waals surface area contributed by atoms with Crippen LogP contribution >= 0.6 is 11.6 Å². The number of carbonyl (C=O) groups excluding carboxylic acids is 1. The van der Waals surface area contributed by atoms with Gasteiger partial charge in [-0.25, -0.2) is 12.8 Å². The van der Waals surface area contributed by atoms with E-state index in [4.69, 9.17) is 16.3 Å². The Balaban J connectivity index is 2.18. The molecule has 3 rings (SSSR count). The highest BCUT2D eigenvalue weighted by atomic mass is 35.5. The van der Waals surface area contributed by atoms with Crippen molar-refractivity contribution in [3.63, 3.8) is 0 Å². The number of sulfone groups is 1. The topological polar surface area (TPSA) is 60.4 Å². The lowest BCUT2D eigenvalue weighted by Gasteiger charge is -2.17. The SMILES string of the molecule is CC1(C)OC(c2ccc(S(C)(=O)=O)cc2)=C(c2ccc(Cl)c(F)c2)C1=O. The molecule has 0 spiro atoms. The van der Waals surface area contributed by atoms with E-state index in [0.29, 0.717) is 11.1 Å². The third kappa shape index (κ3) is 3.27. The zero-order valence-electron chi connectivity index (χ0n) is 14.3. The molecule has 0 radical (unpaired) electrons. The van der Waals surface area contributed by atoms with E-state index in [1.807, 2.05) is 0 Å². The first-order valence-electron chi connectivity index (χ1n) is 7.75. The number of Topliss-reactive ketones (excluding diaryl/α,β-unsaturated/α-hetero) is 1. The molecule has 4 nitrogen and oxygen atoms in total. The monoisotopic (exact) mass is 394 g/mol.